The maximum Gasteiger partial charge on any atom is 0.341 e. The Kier molecular flexibility index (Phi) is 8.32. The second-order valence-corrected chi connectivity index (χ2v) is 5.39. The number of hydrogen-bond donors (Lipinski definition) is 2. The number of benzene rings is 1. The molecule has 0 radical (unpaired) electrons. The summed E-state index contributed by atoms with van der Waals surface area (Å²) >= 11 is 0. The van der Waals surface area contributed by atoms with Gasteiger partial charge in [-0.2, -0.15) is 0 Å². The van der Waals surface area contributed by atoms with Crippen molar-refractivity contribution in [3.63, 3.8) is 0 Å². The average molecular weight is 293 g/mol. The van der Waals surface area contributed by atoms with Gasteiger partial charge in [0.15, 0.2) is 0 Å². The van der Waals surface area contributed by atoms with E-state index in [2.05, 4.69) is 6.92 Å². The molecule has 21 heavy (non-hydrogen) atoms. The number of anilines is 1. The molecule has 0 aliphatic rings. The van der Waals surface area contributed by atoms with Gasteiger partial charge >= 0.3 is 5.97 Å². The third-order valence-electron chi connectivity index (χ3n) is 3.47. The van der Waals surface area contributed by atoms with Crippen molar-refractivity contribution >= 4 is 11.7 Å². The first kappa shape index (κ1) is 17.3. The average Bonchev–Trinajstić information content (AvgIpc) is 2.45. The van der Waals surface area contributed by atoms with Gasteiger partial charge in [0.05, 0.1) is 6.61 Å². The molecule has 0 saturated heterocycles. The van der Waals surface area contributed by atoms with Crippen LogP contribution in [0.25, 0.3) is 0 Å². The van der Waals surface area contributed by atoms with Crippen molar-refractivity contribution in [1.29, 1.82) is 0 Å². The fourth-order valence-electron chi connectivity index (χ4n) is 2.20. The lowest BCUT2D eigenvalue weighted by Gasteiger charge is -2.07. The van der Waals surface area contributed by atoms with Crippen LogP contribution in [0.15, 0.2) is 18.2 Å². The third-order valence-corrected chi connectivity index (χ3v) is 3.47. The lowest BCUT2D eigenvalue weighted by atomic mass is 10.1. The van der Waals surface area contributed by atoms with E-state index in [1.54, 1.807) is 6.07 Å². The van der Waals surface area contributed by atoms with Gasteiger partial charge in [-0.25, -0.2) is 4.79 Å². The molecule has 4 nitrogen and oxygen atoms in total. The molecule has 1 aromatic carbocycles. The Balaban J connectivity index is 2.11. The van der Waals surface area contributed by atoms with Crippen molar-refractivity contribution in [1.82, 2.24) is 0 Å². The summed E-state index contributed by atoms with van der Waals surface area (Å²) in [5, 5.41) is 9.62. The van der Waals surface area contributed by atoms with E-state index in [0.29, 0.717) is 12.3 Å². The zero-order chi connectivity index (χ0) is 15.5. The summed E-state index contributed by atoms with van der Waals surface area (Å²) in [6.07, 6.45) is 9.61. The molecule has 1 rings (SSSR count). The number of esters is 1. The van der Waals surface area contributed by atoms with Crippen molar-refractivity contribution in [2.24, 2.45) is 0 Å². The lowest BCUT2D eigenvalue weighted by Crippen LogP contribution is -2.07. The summed E-state index contributed by atoms with van der Waals surface area (Å²) in [4.78, 5) is 11.8. The van der Waals surface area contributed by atoms with Crippen LogP contribution in [-0.2, 0) is 4.74 Å². The summed E-state index contributed by atoms with van der Waals surface area (Å²) in [6.45, 7) is 2.62. The summed E-state index contributed by atoms with van der Waals surface area (Å²) in [6, 6.07) is 4.42. The molecule has 0 unspecified atom stereocenters. The number of carbonyl (C=O) groups is 1. The number of phenols is 1. The first-order valence-corrected chi connectivity index (χ1v) is 7.90. The minimum atomic E-state index is -0.490. The van der Waals surface area contributed by atoms with Crippen molar-refractivity contribution in [2.45, 2.75) is 58.3 Å². The fourth-order valence-corrected chi connectivity index (χ4v) is 2.20. The highest BCUT2D eigenvalue weighted by molar-refractivity contribution is 5.92. The molecular weight excluding hydrogens is 266 g/mol. The minimum absolute atomic E-state index is 0.129. The van der Waals surface area contributed by atoms with Crippen molar-refractivity contribution < 1.29 is 14.6 Å². The predicted molar refractivity (Wildman–Crippen MR) is 85.4 cm³/mol. The predicted octanol–water partition coefficient (Wildman–Crippen LogP) is 4.27. The number of hydrogen-bond acceptors (Lipinski definition) is 4. The number of phenolic OH excluding ortho intramolecular Hbond substituents is 1. The summed E-state index contributed by atoms with van der Waals surface area (Å²) in [5.74, 6) is -0.619. The Morgan fingerprint density at radius 3 is 2.33 bits per heavy atom. The quantitative estimate of drug-likeness (QED) is 0.384. The molecule has 4 heteroatoms. The molecule has 0 aromatic heterocycles. The maximum absolute atomic E-state index is 11.8. The van der Waals surface area contributed by atoms with E-state index >= 15 is 0 Å². The van der Waals surface area contributed by atoms with Crippen LogP contribution in [0.5, 0.6) is 5.75 Å². The second kappa shape index (κ2) is 10.1. The van der Waals surface area contributed by atoms with Crippen molar-refractivity contribution in [3.05, 3.63) is 23.8 Å². The van der Waals surface area contributed by atoms with E-state index in [9.17, 15) is 9.90 Å². The van der Waals surface area contributed by atoms with Gasteiger partial charge in [-0.1, -0.05) is 51.9 Å². The lowest BCUT2D eigenvalue weighted by molar-refractivity contribution is 0.0494. The molecule has 0 atom stereocenters. The van der Waals surface area contributed by atoms with Crippen LogP contribution in [0.4, 0.5) is 5.69 Å². The van der Waals surface area contributed by atoms with Crippen LogP contribution in [-0.4, -0.2) is 17.7 Å². The zero-order valence-electron chi connectivity index (χ0n) is 12.9. The minimum Gasteiger partial charge on any atom is -0.507 e. The van der Waals surface area contributed by atoms with Gasteiger partial charge in [-0.3, -0.25) is 0 Å². The van der Waals surface area contributed by atoms with Crippen LogP contribution in [0, 0.1) is 0 Å². The molecule has 0 amide bonds. The molecular formula is C17H27NO3. The highest BCUT2D eigenvalue weighted by Crippen LogP contribution is 2.21. The zero-order valence-corrected chi connectivity index (χ0v) is 12.9. The van der Waals surface area contributed by atoms with Gasteiger partial charge < -0.3 is 15.6 Å². The summed E-state index contributed by atoms with van der Waals surface area (Å²) in [5.41, 5.74) is 6.11. The number of carbonyl (C=O) groups excluding carboxylic acids is 1. The largest absolute Gasteiger partial charge is 0.507 e. The molecule has 0 fully saturated rings. The number of rotatable bonds is 10. The molecule has 0 heterocycles. The van der Waals surface area contributed by atoms with E-state index in [-0.39, 0.29) is 11.3 Å². The smallest absolute Gasteiger partial charge is 0.341 e. The molecule has 118 valence electrons. The van der Waals surface area contributed by atoms with Gasteiger partial charge in [0, 0.05) is 11.8 Å². The fraction of sp³-hybridized carbons (Fsp3) is 0.588. The van der Waals surface area contributed by atoms with E-state index < -0.39 is 5.97 Å². The first-order chi connectivity index (χ1) is 10.1. The van der Waals surface area contributed by atoms with E-state index in [1.165, 1.54) is 50.7 Å². The van der Waals surface area contributed by atoms with Crippen LogP contribution < -0.4 is 5.73 Å². The third kappa shape index (κ3) is 7.02. The Bertz CT molecular complexity index is 432. The topological polar surface area (TPSA) is 72.5 Å². The standard InChI is InChI=1S/C17H27NO3/c1-2-3-4-5-6-7-8-9-12-21-17(20)15-11-10-14(18)13-16(15)19/h10-11,13,19H,2-9,12,18H2,1H3. The molecule has 1 aromatic rings. The number of unbranched alkanes of at least 4 members (excludes halogenated alkanes) is 7. The van der Waals surface area contributed by atoms with Crippen LogP contribution in [0.1, 0.15) is 68.6 Å². The maximum atomic E-state index is 11.8. The van der Waals surface area contributed by atoms with E-state index in [0.717, 1.165) is 12.8 Å². The molecule has 0 aliphatic carbocycles. The van der Waals surface area contributed by atoms with Crippen molar-refractivity contribution in [3.8, 4) is 5.75 Å². The highest BCUT2D eigenvalue weighted by Gasteiger charge is 2.12. The number of aromatic hydroxyl groups is 1. The summed E-state index contributed by atoms with van der Waals surface area (Å²) in [7, 11) is 0. The van der Waals surface area contributed by atoms with Gasteiger partial charge in [-0.15, -0.1) is 0 Å². The molecule has 3 N–H and O–H groups in total. The van der Waals surface area contributed by atoms with E-state index in [4.69, 9.17) is 10.5 Å². The molecule has 0 spiro atoms. The SMILES string of the molecule is CCCCCCCCCCOC(=O)c1ccc(N)cc1O. The van der Waals surface area contributed by atoms with Gasteiger partial charge in [-0.05, 0) is 18.6 Å². The van der Waals surface area contributed by atoms with Gasteiger partial charge in [0.2, 0.25) is 0 Å². The monoisotopic (exact) mass is 293 g/mol. The molecule has 0 aliphatic heterocycles. The Labute approximate surface area is 127 Å². The first-order valence-electron chi connectivity index (χ1n) is 7.90. The normalized spacial score (nSPS) is 10.5. The van der Waals surface area contributed by atoms with Crippen molar-refractivity contribution in [2.75, 3.05) is 12.3 Å². The summed E-state index contributed by atoms with van der Waals surface area (Å²) < 4.78 is 5.15. The Hall–Kier alpha value is -1.71. The van der Waals surface area contributed by atoms with E-state index in [1.807, 2.05) is 0 Å². The number of nitrogens with two attached hydrogens (primary N) is 1. The number of nitrogen functional groups attached to an aromatic ring is 1. The Morgan fingerprint density at radius 1 is 1.10 bits per heavy atom. The van der Waals surface area contributed by atoms with Gasteiger partial charge in [0.1, 0.15) is 11.3 Å². The molecule has 0 bridgehead atoms. The van der Waals surface area contributed by atoms with Crippen LogP contribution >= 0.6 is 0 Å². The van der Waals surface area contributed by atoms with Gasteiger partial charge in [0.25, 0.3) is 0 Å². The molecule has 0 saturated carbocycles. The second-order valence-electron chi connectivity index (χ2n) is 5.39. The number of ether oxygens (including phenoxy) is 1. The van der Waals surface area contributed by atoms with Crippen LogP contribution in [0.3, 0.4) is 0 Å². The highest BCUT2D eigenvalue weighted by atomic mass is 16.5. The Morgan fingerprint density at radius 2 is 1.71 bits per heavy atom. The van der Waals surface area contributed by atoms with Crippen LogP contribution in [0.2, 0.25) is 0 Å².